The van der Waals surface area contributed by atoms with Crippen molar-refractivity contribution < 1.29 is 15.0 Å². The number of aliphatic carboxylic acids is 1. The van der Waals surface area contributed by atoms with Crippen LogP contribution in [0.15, 0.2) is 60.7 Å². The van der Waals surface area contributed by atoms with Crippen LogP contribution < -0.4 is 10.6 Å². The van der Waals surface area contributed by atoms with Crippen LogP contribution in [0.3, 0.4) is 0 Å². The molecule has 2 aliphatic heterocycles. The van der Waals surface area contributed by atoms with Crippen molar-refractivity contribution in [2.24, 2.45) is 0 Å². The molecule has 2 aliphatic rings. The quantitative estimate of drug-likeness (QED) is 0.639. The van der Waals surface area contributed by atoms with Crippen molar-refractivity contribution in [1.29, 1.82) is 0 Å². The number of carboxylic acid groups (broad SMARTS) is 1. The van der Waals surface area contributed by atoms with Gasteiger partial charge in [-0.25, -0.2) is 0 Å². The van der Waals surface area contributed by atoms with Crippen molar-refractivity contribution >= 4 is 5.97 Å². The summed E-state index contributed by atoms with van der Waals surface area (Å²) in [7, 11) is 0. The number of carboxylic acids is 1. The molecular weight excluding hydrogens is 364 g/mol. The van der Waals surface area contributed by atoms with Crippen LogP contribution in [0.5, 0.6) is 0 Å². The standard InChI is InChI=1S/C12H15NO2.C12H17NO/c14-11(15)12(6-8-13-9-7-12)10-4-2-1-3-5-10;14-10-12(6-8-13-9-7-12)11-4-2-1-3-5-11/h1-5,13H,6-9H2,(H,14,15);1-5,13-14H,6-10H2. The third-order valence-corrected chi connectivity index (χ3v) is 6.44. The van der Waals surface area contributed by atoms with Crippen molar-refractivity contribution in [3.63, 3.8) is 0 Å². The molecule has 0 aromatic heterocycles. The van der Waals surface area contributed by atoms with Gasteiger partial charge in [0, 0.05) is 5.41 Å². The molecule has 0 bridgehead atoms. The third kappa shape index (κ3) is 4.86. The number of carbonyl (C=O) groups is 1. The van der Waals surface area contributed by atoms with Gasteiger partial charge in [-0.2, -0.15) is 0 Å². The number of hydrogen-bond acceptors (Lipinski definition) is 4. The topological polar surface area (TPSA) is 81.6 Å². The molecule has 2 aromatic carbocycles. The minimum atomic E-state index is -0.699. The summed E-state index contributed by atoms with van der Waals surface area (Å²) in [4.78, 5) is 11.4. The van der Waals surface area contributed by atoms with E-state index in [9.17, 15) is 15.0 Å². The highest BCUT2D eigenvalue weighted by molar-refractivity contribution is 5.81. The molecule has 2 fully saturated rings. The smallest absolute Gasteiger partial charge is 0.314 e. The lowest BCUT2D eigenvalue weighted by atomic mass is 9.73. The molecule has 0 saturated carbocycles. The van der Waals surface area contributed by atoms with Gasteiger partial charge >= 0.3 is 5.97 Å². The fourth-order valence-electron chi connectivity index (χ4n) is 4.47. The van der Waals surface area contributed by atoms with Crippen LogP contribution in [-0.4, -0.2) is 49.0 Å². The Hall–Kier alpha value is -2.21. The van der Waals surface area contributed by atoms with E-state index in [1.807, 2.05) is 36.4 Å². The lowest BCUT2D eigenvalue weighted by Gasteiger charge is -2.36. The zero-order chi connectivity index (χ0) is 20.6. The summed E-state index contributed by atoms with van der Waals surface area (Å²) in [5, 5.41) is 25.5. The molecule has 0 amide bonds. The molecule has 4 N–H and O–H groups in total. The monoisotopic (exact) mass is 396 g/mol. The predicted octanol–water partition coefficient (Wildman–Crippen LogP) is 2.69. The number of hydrogen-bond donors (Lipinski definition) is 4. The molecule has 2 saturated heterocycles. The van der Waals surface area contributed by atoms with Crippen LogP contribution >= 0.6 is 0 Å². The van der Waals surface area contributed by atoms with Gasteiger partial charge in [-0.15, -0.1) is 0 Å². The van der Waals surface area contributed by atoms with E-state index in [0.717, 1.165) is 44.6 Å². The van der Waals surface area contributed by atoms with Gasteiger partial charge in [-0.3, -0.25) is 4.79 Å². The van der Waals surface area contributed by atoms with Crippen LogP contribution in [0.2, 0.25) is 0 Å². The molecule has 0 unspecified atom stereocenters. The SMILES string of the molecule is O=C(O)C1(c2ccccc2)CCNCC1.OCC1(c2ccccc2)CCNCC1. The molecule has 4 rings (SSSR count). The minimum Gasteiger partial charge on any atom is -0.481 e. The van der Waals surface area contributed by atoms with Crippen molar-refractivity contribution in [1.82, 2.24) is 10.6 Å². The Morgan fingerprint density at radius 2 is 1.21 bits per heavy atom. The first-order valence-corrected chi connectivity index (χ1v) is 10.5. The van der Waals surface area contributed by atoms with Gasteiger partial charge in [0.1, 0.15) is 0 Å². The van der Waals surface area contributed by atoms with Crippen molar-refractivity contribution in [3.05, 3.63) is 71.8 Å². The van der Waals surface area contributed by atoms with E-state index in [2.05, 4.69) is 34.9 Å². The van der Waals surface area contributed by atoms with Crippen molar-refractivity contribution in [2.45, 2.75) is 36.5 Å². The fraction of sp³-hybridized carbons (Fsp3) is 0.458. The summed E-state index contributed by atoms with van der Waals surface area (Å²) in [5.74, 6) is -0.699. The van der Waals surface area contributed by atoms with E-state index in [-0.39, 0.29) is 12.0 Å². The Morgan fingerprint density at radius 1 is 0.759 bits per heavy atom. The maximum absolute atomic E-state index is 11.4. The number of aliphatic hydroxyl groups excluding tert-OH is 1. The first-order valence-electron chi connectivity index (χ1n) is 10.5. The Morgan fingerprint density at radius 3 is 1.66 bits per heavy atom. The summed E-state index contributed by atoms with van der Waals surface area (Å²) in [5.41, 5.74) is 1.54. The number of aliphatic hydroxyl groups is 1. The second-order valence-corrected chi connectivity index (χ2v) is 8.06. The molecule has 0 spiro atoms. The van der Waals surface area contributed by atoms with E-state index in [1.54, 1.807) is 0 Å². The average Bonchev–Trinajstić information content (AvgIpc) is 2.81. The molecule has 0 atom stereocenters. The lowest BCUT2D eigenvalue weighted by molar-refractivity contribution is -0.145. The molecule has 2 heterocycles. The lowest BCUT2D eigenvalue weighted by Crippen LogP contribution is -2.45. The second kappa shape index (κ2) is 10.0. The van der Waals surface area contributed by atoms with Crippen molar-refractivity contribution in [3.8, 4) is 0 Å². The van der Waals surface area contributed by atoms with Crippen LogP contribution in [0.1, 0.15) is 36.8 Å². The van der Waals surface area contributed by atoms with Gasteiger partial charge in [-0.1, -0.05) is 60.7 Å². The molecule has 29 heavy (non-hydrogen) atoms. The van der Waals surface area contributed by atoms with Crippen molar-refractivity contribution in [2.75, 3.05) is 32.8 Å². The van der Waals surface area contributed by atoms with Gasteiger partial charge in [0.05, 0.1) is 12.0 Å². The first-order chi connectivity index (χ1) is 14.1. The molecule has 0 aliphatic carbocycles. The minimum absolute atomic E-state index is 0.00646. The molecule has 0 radical (unpaired) electrons. The zero-order valence-electron chi connectivity index (χ0n) is 16.9. The summed E-state index contributed by atoms with van der Waals surface area (Å²) in [6.45, 7) is 3.84. The Kier molecular flexibility index (Phi) is 7.42. The van der Waals surface area contributed by atoms with E-state index in [1.165, 1.54) is 5.56 Å². The fourth-order valence-corrected chi connectivity index (χ4v) is 4.47. The van der Waals surface area contributed by atoms with Gasteiger partial charge in [0.15, 0.2) is 0 Å². The van der Waals surface area contributed by atoms with Gasteiger partial charge in [-0.05, 0) is 63.0 Å². The summed E-state index contributed by atoms with van der Waals surface area (Å²) < 4.78 is 0. The summed E-state index contributed by atoms with van der Waals surface area (Å²) in [6.07, 6.45) is 3.42. The predicted molar refractivity (Wildman–Crippen MR) is 115 cm³/mol. The maximum atomic E-state index is 11.4. The zero-order valence-corrected chi connectivity index (χ0v) is 16.9. The van der Waals surface area contributed by atoms with Crippen LogP contribution in [0.25, 0.3) is 0 Å². The van der Waals surface area contributed by atoms with E-state index in [0.29, 0.717) is 12.8 Å². The summed E-state index contributed by atoms with van der Waals surface area (Å²) >= 11 is 0. The Labute approximate surface area is 173 Å². The van der Waals surface area contributed by atoms with Gasteiger partial charge in [0.25, 0.3) is 0 Å². The number of benzene rings is 2. The summed E-state index contributed by atoms with van der Waals surface area (Å²) in [6, 6.07) is 19.9. The molecular formula is C24H32N2O3. The van der Waals surface area contributed by atoms with Crippen LogP contribution in [-0.2, 0) is 15.6 Å². The van der Waals surface area contributed by atoms with E-state index in [4.69, 9.17) is 0 Å². The highest BCUT2D eigenvalue weighted by atomic mass is 16.4. The normalized spacial score (nSPS) is 20.2. The molecule has 5 heteroatoms. The third-order valence-electron chi connectivity index (χ3n) is 6.44. The highest BCUT2D eigenvalue weighted by Crippen LogP contribution is 2.34. The molecule has 156 valence electrons. The average molecular weight is 397 g/mol. The van der Waals surface area contributed by atoms with E-state index >= 15 is 0 Å². The van der Waals surface area contributed by atoms with Crippen LogP contribution in [0, 0.1) is 0 Å². The largest absolute Gasteiger partial charge is 0.481 e. The van der Waals surface area contributed by atoms with Crippen LogP contribution in [0.4, 0.5) is 0 Å². The number of piperidine rings is 2. The van der Waals surface area contributed by atoms with E-state index < -0.39 is 11.4 Å². The Balaban J connectivity index is 0.000000166. The number of nitrogens with one attached hydrogen (secondary N) is 2. The second-order valence-electron chi connectivity index (χ2n) is 8.06. The molecule has 2 aromatic rings. The van der Waals surface area contributed by atoms with Gasteiger partial charge in [0.2, 0.25) is 0 Å². The Bertz CT molecular complexity index is 752. The maximum Gasteiger partial charge on any atom is 0.314 e. The highest BCUT2D eigenvalue weighted by Gasteiger charge is 2.41. The first kappa shape index (κ1) is 21.5. The molecule has 5 nitrogen and oxygen atoms in total. The van der Waals surface area contributed by atoms with Gasteiger partial charge < -0.3 is 20.8 Å². The number of rotatable bonds is 4.